The van der Waals surface area contributed by atoms with Crippen molar-refractivity contribution in [2.45, 2.75) is 32.9 Å². The first-order chi connectivity index (χ1) is 8.38. The summed E-state index contributed by atoms with van der Waals surface area (Å²) in [5.41, 5.74) is 9.58. The van der Waals surface area contributed by atoms with Crippen molar-refractivity contribution in [1.29, 1.82) is 0 Å². The Morgan fingerprint density at radius 2 is 2.11 bits per heavy atom. The fourth-order valence-electron chi connectivity index (χ4n) is 1.46. The lowest BCUT2D eigenvalue weighted by Crippen LogP contribution is -2.39. The third-order valence-electron chi connectivity index (χ3n) is 2.47. The molecule has 1 rings (SSSR count). The minimum Gasteiger partial charge on any atom is -0.383 e. The first kappa shape index (κ1) is 13.8. The van der Waals surface area contributed by atoms with E-state index in [1.807, 2.05) is 6.92 Å². The largest absolute Gasteiger partial charge is 0.383 e. The van der Waals surface area contributed by atoms with Crippen molar-refractivity contribution < 1.29 is 4.79 Å². The van der Waals surface area contributed by atoms with Crippen LogP contribution in [-0.2, 0) is 11.3 Å². The van der Waals surface area contributed by atoms with Gasteiger partial charge in [0.2, 0.25) is 5.91 Å². The summed E-state index contributed by atoms with van der Waals surface area (Å²) in [7, 11) is 0. The van der Waals surface area contributed by atoms with Gasteiger partial charge in [0.05, 0.1) is 0 Å². The normalized spacial score (nSPS) is 12.1. The first-order valence-electron chi connectivity index (χ1n) is 5.56. The van der Waals surface area contributed by atoms with Gasteiger partial charge in [-0.25, -0.2) is 4.79 Å². The summed E-state index contributed by atoms with van der Waals surface area (Å²) in [6.45, 7) is 3.74. The lowest BCUT2D eigenvalue weighted by molar-refractivity contribution is -0.118. The van der Waals surface area contributed by atoms with Gasteiger partial charge in [0.15, 0.2) is 0 Å². The number of carbonyl (C=O) groups excluding carboxylic acids is 1. The van der Waals surface area contributed by atoms with Gasteiger partial charge >= 0.3 is 5.69 Å². The number of carbonyl (C=O) groups is 1. The summed E-state index contributed by atoms with van der Waals surface area (Å²) in [6, 6.07) is -0.763. The molecule has 8 heteroatoms. The highest BCUT2D eigenvalue weighted by Gasteiger charge is 2.16. The Bertz CT molecular complexity index is 560. The van der Waals surface area contributed by atoms with Gasteiger partial charge in [-0.3, -0.25) is 19.1 Å². The average molecular weight is 255 g/mol. The number of anilines is 2. The number of nitrogen functional groups attached to an aromatic ring is 1. The highest BCUT2D eigenvalue weighted by Crippen LogP contribution is 2.11. The van der Waals surface area contributed by atoms with E-state index < -0.39 is 23.2 Å². The number of hydrogen-bond donors (Lipinski definition) is 4. The molecule has 100 valence electrons. The molecule has 1 unspecified atom stereocenters. The number of aromatic nitrogens is 2. The van der Waals surface area contributed by atoms with Gasteiger partial charge < -0.3 is 16.8 Å². The molecule has 0 saturated carbocycles. The van der Waals surface area contributed by atoms with Crippen molar-refractivity contribution in [1.82, 2.24) is 9.55 Å². The quantitative estimate of drug-likeness (QED) is 0.524. The van der Waals surface area contributed by atoms with Gasteiger partial charge in [-0.15, -0.1) is 0 Å². The number of primary amides is 1. The van der Waals surface area contributed by atoms with Crippen molar-refractivity contribution in [3.05, 3.63) is 20.8 Å². The second-order valence-electron chi connectivity index (χ2n) is 3.94. The third-order valence-corrected chi connectivity index (χ3v) is 2.47. The molecular formula is C10H17N5O3. The molecule has 0 spiro atoms. The van der Waals surface area contributed by atoms with E-state index in [-0.39, 0.29) is 11.5 Å². The average Bonchev–Trinajstić information content (AvgIpc) is 2.29. The second-order valence-corrected chi connectivity index (χ2v) is 3.94. The summed E-state index contributed by atoms with van der Waals surface area (Å²) in [5.74, 6) is -0.624. The Labute approximate surface area is 103 Å². The molecule has 0 aliphatic heterocycles. The van der Waals surface area contributed by atoms with E-state index in [0.29, 0.717) is 13.0 Å². The zero-order valence-corrected chi connectivity index (χ0v) is 10.3. The molecule has 0 aromatic carbocycles. The Morgan fingerprint density at radius 1 is 1.50 bits per heavy atom. The van der Waals surface area contributed by atoms with Crippen LogP contribution in [-0.4, -0.2) is 21.5 Å². The zero-order valence-electron chi connectivity index (χ0n) is 10.3. The van der Waals surface area contributed by atoms with Gasteiger partial charge in [-0.2, -0.15) is 0 Å². The summed E-state index contributed by atoms with van der Waals surface area (Å²) < 4.78 is 1.23. The van der Waals surface area contributed by atoms with Crippen LogP contribution in [0.5, 0.6) is 0 Å². The third kappa shape index (κ3) is 2.70. The van der Waals surface area contributed by atoms with Crippen LogP contribution >= 0.6 is 0 Å². The predicted octanol–water partition coefficient (Wildman–Crippen LogP) is -1.19. The standard InChI is InChI=1S/C10H17N5O3/c1-3-4-15-7(11)6(9(17)14-10(15)18)13-5(2)8(12)16/h5,13H,3-4,11H2,1-2H3,(H2,12,16)(H,14,17,18). The van der Waals surface area contributed by atoms with Crippen LogP contribution in [0.1, 0.15) is 20.3 Å². The van der Waals surface area contributed by atoms with Crippen LogP contribution in [0.25, 0.3) is 0 Å². The first-order valence-corrected chi connectivity index (χ1v) is 5.56. The summed E-state index contributed by atoms with van der Waals surface area (Å²) >= 11 is 0. The van der Waals surface area contributed by atoms with E-state index in [9.17, 15) is 14.4 Å². The number of aromatic amines is 1. The molecule has 0 radical (unpaired) electrons. The van der Waals surface area contributed by atoms with Crippen LogP contribution in [0.3, 0.4) is 0 Å². The molecule has 18 heavy (non-hydrogen) atoms. The monoisotopic (exact) mass is 255 g/mol. The Morgan fingerprint density at radius 3 is 2.61 bits per heavy atom. The van der Waals surface area contributed by atoms with Crippen LogP contribution in [0.4, 0.5) is 11.5 Å². The smallest absolute Gasteiger partial charge is 0.330 e. The molecule has 8 nitrogen and oxygen atoms in total. The molecule has 1 amide bonds. The van der Waals surface area contributed by atoms with E-state index in [4.69, 9.17) is 11.5 Å². The molecule has 0 saturated heterocycles. The molecule has 1 atom stereocenters. The highest BCUT2D eigenvalue weighted by molar-refractivity contribution is 5.83. The number of H-pyrrole nitrogens is 1. The van der Waals surface area contributed by atoms with Gasteiger partial charge in [0.1, 0.15) is 17.5 Å². The van der Waals surface area contributed by atoms with Crippen molar-refractivity contribution in [3.8, 4) is 0 Å². The second kappa shape index (κ2) is 5.39. The molecule has 1 aromatic heterocycles. The number of amides is 1. The van der Waals surface area contributed by atoms with Crippen LogP contribution < -0.4 is 28.0 Å². The molecular weight excluding hydrogens is 238 g/mol. The molecule has 1 heterocycles. The number of rotatable bonds is 5. The van der Waals surface area contributed by atoms with Gasteiger partial charge in [-0.05, 0) is 13.3 Å². The summed E-state index contributed by atoms with van der Waals surface area (Å²) in [6.07, 6.45) is 0.682. The predicted molar refractivity (Wildman–Crippen MR) is 68.3 cm³/mol. The fourth-order valence-corrected chi connectivity index (χ4v) is 1.46. The molecule has 6 N–H and O–H groups in total. The van der Waals surface area contributed by atoms with Crippen molar-refractivity contribution in [3.63, 3.8) is 0 Å². The maximum Gasteiger partial charge on any atom is 0.330 e. The SMILES string of the molecule is CCCn1c(N)c(NC(C)C(N)=O)c(=O)[nH]c1=O. The topological polar surface area (TPSA) is 136 Å². The highest BCUT2D eigenvalue weighted by atomic mass is 16.2. The number of nitrogens with zero attached hydrogens (tertiary/aromatic N) is 1. The number of hydrogen-bond acceptors (Lipinski definition) is 5. The van der Waals surface area contributed by atoms with Crippen molar-refractivity contribution in [2.24, 2.45) is 5.73 Å². The van der Waals surface area contributed by atoms with Gasteiger partial charge in [0, 0.05) is 6.54 Å². The Kier molecular flexibility index (Phi) is 4.13. The lowest BCUT2D eigenvalue weighted by Gasteiger charge is -2.15. The van der Waals surface area contributed by atoms with Crippen LogP contribution in [0, 0.1) is 0 Å². The van der Waals surface area contributed by atoms with Gasteiger partial charge in [-0.1, -0.05) is 6.92 Å². The summed E-state index contributed by atoms with van der Waals surface area (Å²) in [5, 5.41) is 2.60. The van der Waals surface area contributed by atoms with E-state index in [1.54, 1.807) is 0 Å². The van der Waals surface area contributed by atoms with Crippen LogP contribution in [0.2, 0.25) is 0 Å². The number of nitrogens with one attached hydrogen (secondary N) is 2. The van der Waals surface area contributed by atoms with E-state index >= 15 is 0 Å². The molecule has 0 aliphatic carbocycles. The van der Waals surface area contributed by atoms with Gasteiger partial charge in [0.25, 0.3) is 5.56 Å². The van der Waals surface area contributed by atoms with Crippen molar-refractivity contribution >= 4 is 17.4 Å². The molecule has 0 fully saturated rings. The van der Waals surface area contributed by atoms with E-state index in [1.165, 1.54) is 11.5 Å². The minimum absolute atomic E-state index is 0.00120. The van der Waals surface area contributed by atoms with Crippen LogP contribution in [0.15, 0.2) is 9.59 Å². The minimum atomic E-state index is -0.763. The molecule has 0 aliphatic rings. The maximum atomic E-state index is 11.6. The Hall–Kier alpha value is -2.25. The number of nitrogens with two attached hydrogens (primary N) is 2. The summed E-state index contributed by atoms with van der Waals surface area (Å²) in [4.78, 5) is 36.2. The maximum absolute atomic E-state index is 11.6. The zero-order chi connectivity index (χ0) is 13.9. The fraction of sp³-hybridized carbons (Fsp3) is 0.500. The Balaban J connectivity index is 3.27. The van der Waals surface area contributed by atoms with Crippen molar-refractivity contribution in [2.75, 3.05) is 11.1 Å². The van der Waals surface area contributed by atoms with E-state index in [0.717, 1.165) is 0 Å². The lowest BCUT2D eigenvalue weighted by atomic mass is 10.3. The van der Waals surface area contributed by atoms with E-state index in [2.05, 4.69) is 10.3 Å². The molecule has 0 bridgehead atoms. The molecule has 1 aromatic rings.